The molecule has 0 aromatic heterocycles. The number of aliphatic hydroxyl groups excluding tert-OH is 1. The highest BCUT2D eigenvalue weighted by Gasteiger charge is 2.49. The van der Waals surface area contributed by atoms with Crippen molar-refractivity contribution in [2.45, 2.75) is 256 Å². The Morgan fingerprint density at radius 2 is 0.859 bits per heavy atom. The summed E-state index contributed by atoms with van der Waals surface area (Å²) in [5.74, 6) is -10.5. The number of nitrogens with zero attached hydrogens (tertiary/aromatic N) is 7. The number of nitrogens with one attached hydrogen (secondary N) is 3. The van der Waals surface area contributed by atoms with E-state index in [0.29, 0.717) is 0 Å². The second kappa shape index (κ2) is 36.4. The zero-order valence-electron chi connectivity index (χ0n) is 62.1. The van der Waals surface area contributed by atoms with Crippen LogP contribution in [0.2, 0.25) is 18.1 Å². The number of ketones is 1. The van der Waals surface area contributed by atoms with E-state index in [2.05, 4.69) is 16.0 Å². The molecule has 23 nitrogen and oxygen atoms in total. The van der Waals surface area contributed by atoms with Crippen LogP contribution in [0.1, 0.15) is 177 Å². The van der Waals surface area contributed by atoms with Gasteiger partial charge < -0.3 is 59.8 Å². The molecule has 0 radical (unpaired) electrons. The van der Waals surface area contributed by atoms with Gasteiger partial charge in [-0.1, -0.05) is 132 Å². The number of likely N-dealkylation sites (N-methyl/N-ethyl adjacent to an activating group) is 7. The molecule has 0 unspecified atom stereocenters. The van der Waals surface area contributed by atoms with Crippen molar-refractivity contribution in [2.24, 2.45) is 53.3 Å². The number of hydrogen-bond donors (Lipinski definition) is 4. The van der Waals surface area contributed by atoms with Crippen molar-refractivity contribution in [1.82, 2.24) is 50.2 Å². The maximum atomic E-state index is 15.7. The lowest BCUT2D eigenvalue weighted by atomic mass is 9.91. The fourth-order valence-corrected chi connectivity index (χ4v) is 13.0. The van der Waals surface area contributed by atoms with Crippen molar-refractivity contribution in [3.63, 3.8) is 0 Å². The Morgan fingerprint density at radius 1 is 0.478 bits per heavy atom. The number of carbonyl (C=O) groups is 11. The number of carbonyl (C=O) groups excluding carboxylic acids is 11. The Hall–Kier alpha value is -5.49. The lowest BCUT2D eigenvalue weighted by Crippen LogP contribution is -2.65. The summed E-state index contributed by atoms with van der Waals surface area (Å²) in [7, 11) is 7.37. The second-order valence-corrected chi connectivity index (χ2v) is 35.5. The van der Waals surface area contributed by atoms with Gasteiger partial charge >= 0.3 is 0 Å². The summed E-state index contributed by atoms with van der Waals surface area (Å²) in [6.07, 6.45) is -0.568. The smallest absolute Gasteiger partial charge is 0.246 e. The standard InChI is InChI=1S/C68H126N10O13Si/c1-38(2)32-48-60(83)70-55(43(11)12)66(89)74(23)49(33-39(3)4)59(82)69-47(17)52(80)36-46(16)62(85)75(24)50(34-40(5)6)63(86)76(25)51(35-41(7)8)64(87)77(26)56(44(13)14)67(90)78(27)57(58(45(15)30-31-79)91-92(28,29)68(18,19)20)61(84)71-54(42(9)10)65(88)72(21)37-53(81)73(48)22/h38-51,54-58,79H,30-37H2,1-29H3,(H,69,82)(H,70,83)(H,71,84)/t45-,46-,47-,48+,49-,50-,51-,54-,55-,56-,57-,58-/m1/s1. The average Bonchev–Trinajstić information content (AvgIpc) is 0.803. The van der Waals surface area contributed by atoms with E-state index < -0.39 is 175 Å². The highest BCUT2D eigenvalue weighted by molar-refractivity contribution is 6.74. The maximum absolute atomic E-state index is 15.7. The van der Waals surface area contributed by atoms with Gasteiger partial charge in [0.25, 0.3) is 0 Å². The lowest BCUT2D eigenvalue weighted by molar-refractivity contribution is -0.157. The third kappa shape index (κ3) is 23.2. The van der Waals surface area contributed by atoms with Crippen molar-refractivity contribution in [1.29, 1.82) is 0 Å². The van der Waals surface area contributed by atoms with E-state index in [1.807, 2.05) is 96.2 Å². The molecule has 1 heterocycles. The number of Topliss-reactive ketones (excluding diaryl/α,β-unsaturated/α-hetero) is 1. The van der Waals surface area contributed by atoms with Crippen LogP contribution < -0.4 is 16.0 Å². The third-order valence-corrected chi connectivity index (χ3v) is 23.1. The van der Waals surface area contributed by atoms with E-state index in [1.165, 1.54) is 85.7 Å². The SMILES string of the molecule is CC(C)C[C@@H]1C(=O)N(C)[C@H](CC(C)C)C(=O)N(C)[C@H](C(C)C)C(=O)N(C)[C@H]([C@H](O[Si](C)(C)C(C)(C)C)[C@H](C)CCO)C(=O)N[C@H](C(C)C)C(=O)N(C)CC(=O)N(C)[C@@H](CC(C)C)C(=O)N[C@H](C(C)C)C(=O)N(C)[C@H](CC(C)C)C(=O)N[C@H](C)C(=O)C[C@@H](C)C(=O)N1C. The van der Waals surface area contributed by atoms with Crippen LogP contribution in [0.3, 0.4) is 0 Å². The monoisotopic (exact) mass is 1320 g/mol. The minimum Gasteiger partial charge on any atom is -0.411 e. The fourth-order valence-electron chi connectivity index (χ4n) is 11.6. The molecule has 1 rings (SSSR count). The molecule has 0 aliphatic carbocycles. The Balaban J connectivity index is 4.57. The van der Waals surface area contributed by atoms with Gasteiger partial charge in [-0.25, -0.2) is 0 Å². The molecule has 1 aliphatic rings. The molecular weight excluding hydrogens is 1190 g/mol. The molecule has 12 atom stereocenters. The van der Waals surface area contributed by atoms with Crippen molar-refractivity contribution >= 4 is 73.2 Å². The van der Waals surface area contributed by atoms with Gasteiger partial charge in [0.05, 0.1) is 18.7 Å². The lowest BCUT2D eigenvalue weighted by Gasteiger charge is -2.46. The van der Waals surface area contributed by atoms with E-state index >= 15 is 19.2 Å². The topological polar surface area (TPSA) is 276 Å². The van der Waals surface area contributed by atoms with Crippen LogP contribution in [0.5, 0.6) is 0 Å². The summed E-state index contributed by atoms with van der Waals surface area (Å²) in [5.41, 5.74) is 0. The zero-order chi connectivity index (χ0) is 71.8. The Kier molecular flexibility index (Phi) is 33.4. The van der Waals surface area contributed by atoms with E-state index in [4.69, 9.17) is 4.43 Å². The first-order valence-corrected chi connectivity index (χ1v) is 36.5. The van der Waals surface area contributed by atoms with Crippen molar-refractivity contribution in [2.75, 3.05) is 62.5 Å². The van der Waals surface area contributed by atoms with Crippen molar-refractivity contribution in [3.8, 4) is 0 Å². The number of aliphatic hydroxyl groups is 1. The zero-order valence-corrected chi connectivity index (χ0v) is 63.1. The molecule has 0 saturated carbocycles. The first kappa shape index (κ1) is 84.5. The second-order valence-electron chi connectivity index (χ2n) is 30.8. The van der Waals surface area contributed by atoms with Crippen LogP contribution in [0.4, 0.5) is 0 Å². The largest absolute Gasteiger partial charge is 0.411 e. The molecule has 1 fully saturated rings. The van der Waals surface area contributed by atoms with Crippen LogP contribution in [0.15, 0.2) is 0 Å². The predicted molar refractivity (Wildman–Crippen MR) is 363 cm³/mol. The van der Waals surface area contributed by atoms with Crippen LogP contribution in [-0.2, 0) is 57.2 Å². The van der Waals surface area contributed by atoms with E-state index in [0.717, 1.165) is 4.90 Å². The Labute approximate surface area is 554 Å². The number of hydrogen-bond acceptors (Lipinski definition) is 13. The van der Waals surface area contributed by atoms with Gasteiger partial charge in [0.1, 0.15) is 48.3 Å². The van der Waals surface area contributed by atoms with Crippen LogP contribution in [0, 0.1) is 53.3 Å². The molecule has 24 heteroatoms. The van der Waals surface area contributed by atoms with Gasteiger partial charge in [-0.15, -0.1) is 0 Å². The van der Waals surface area contributed by atoms with E-state index in [1.54, 1.807) is 48.5 Å². The quantitative estimate of drug-likeness (QED) is 0.121. The van der Waals surface area contributed by atoms with Crippen molar-refractivity contribution in [3.05, 3.63) is 0 Å². The minimum absolute atomic E-state index is 0.119. The first-order valence-electron chi connectivity index (χ1n) is 33.6. The fraction of sp³-hybridized carbons (Fsp3) is 0.838. The van der Waals surface area contributed by atoms with Crippen LogP contribution >= 0.6 is 0 Å². The highest BCUT2D eigenvalue weighted by Crippen LogP contribution is 2.40. The molecule has 1 saturated heterocycles. The first-order chi connectivity index (χ1) is 42.0. The van der Waals surface area contributed by atoms with Gasteiger partial charge in [0, 0.05) is 68.3 Å². The molecule has 10 amide bonds. The van der Waals surface area contributed by atoms with Gasteiger partial charge in [0.2, 0.25) is 59.1 Å². The van der Waals surface area contributed by atoms with Crippen LogP contribution in [0.25, 0.3) is 0 Å². The number of rotatable bonds is 17. The average molecular weight is 1320 g/mol. The summed E-state index contributed by atoms with van der Waals surface area (Å²) in [6, 6.07) is -10.8. The summed E-state index contributed by atoms with van der Waals surface area (Å²) < 4.78 is 7.17. The third-order valence-electron chi connectivity index (χ3n) is 18.6. The molecule has 0 aromatic rings. The molecule has 4 N–H and O–H groups in total. The summed E-state index contributed by atoms with van der Waals surface area (Å²) in [4.78, 5) is 173. The van der Waals surface area contributed by atoms with E-state index in [9.17, 15) is 38.7 Å². The molecule has 1 aliphatic heterocycles. The summed E-state index contributed by atoms with van der Waals surface area (Å²) in [6.45, 7) is 39.7. The summed E-state index contributed by atoms with van der Waals surface area (Å²) >= 11 is 0. The Morgan fingerprint density at radius 3 is 1.28 bits per heavy atom. The normalized spacial score (nSPS) is 26.2. The predicted octanol–water partition coefficient (Wildman–Crippen LogP) is 6.05. The Bertz CT molecular complexity index is 2520. The highest BCUT2D eigenvalue weighted by atomic mass is 28.4. The molecule has 92 heavy (non-hydrogen) atoms. The molecule has 0 aromatic carbocycles. The molecular formula is C68H126N10O13Si. The maximum Gasteiger partial charge on any atom is 0.246 e. The minimum atomic E-state index is -2.86. The van der Waals surface area contributed by atoms with Crippen molar-refractivity contribution < 1.29 is 62.3 Å². The van der Waals surface area contributed by atoms with Crippen LogP contribution in [-0.4, -0.2) is 236 Å². The summed E-state index contributed by atoms with van der Waals surface area (Å²) in [5, 5.41) is 18.7. The van der Waals surface area contributed by atoms with Gasteiger partial charge in [-0.3, -0.25) is 52.7 Å². The number of amides is 10. The van der Waals surface area contributed by atoms with Gasteiger partial charge in [-0.2, -0.15) is 0 Å². The van der Waals surface area contributed by atoms with Gasteiger partial charge in [0.15, 0.2) is 14.1 Å². The van der Waals surface area contributed by atoms with E-state index in [-0.39, 0.29) is 68.8 Å². The molecule has 0 spiro atoms. The van der Waals surface area contributed by atoms with Gasteiger partial charge in [-0.05, 0) is 105 Å². The molecule has 0 bridgehead atoms. The molecule has 530 valence electrons.